The zero-order valence-corrected chi connectivity index (χ0v) is 16.8. The smallest absolute Gasteiger partial charge is 0.347 e. The second-order valence-electron chi connectivity index (χ2n) is 6.87. The molecule has 1 aliphatic heterocycles. The number of rotatable bonds is 3. The first-order valence-electron chi connectivity index (χ1n) is 9.24. The fraction of sp³-hybridized carbons (Fsp3) is 0.0435. The molecule has 7 nitrogen and oxygen atoms in total. The van der Waals surface area contributed by atoms with Crippen LogP contribution in [0.25, 0.3) is 22.4 Å². The lowest BCUT2D eigenvalue weighted by Gasteiger charge is -2.14. The van der Waals surface area contributed by atoms with E-state index < -0.39 is 17.4 Å². The number of amides is 2. The van der Waals surface area contributed by atoms with Gasteiger partial charge in [0.25, 0.3) is 11.8 Å². The monoisotopic (exact) mass is 432 g/mol. The number of hydrogen-bond acceptors (Lipinski definition) is 6. The van der Waals surface area contributed by atoms with Gasteiger partial charge in [-0.1, -0.05) is 11.6 Å². The number of benzene rings is 3. The fourth-order valence-electron chi connectivity index (χ4n) is 3.51. The van der Waals surface area contributed by atoms with E-state index in [1.54, 1.807) is 42.5 Å². The van der Waals surface area contributed by atoms with Crippen molar-refractivity contribution in [2.24, 2.45) is 0 Å². The number of carbonyl (C=O) groups excluding carboxylic acids is 2. The van der Waals surface area contributed by atoms with Crippen LogP contribution in [-0.4, -0.2) is 23.9 Å². The zero-order chi connectivity index (χ0) is 21.7. The maximum absolute atomic E-state index is 13.0. The summed E-state index contributed by atoms with van der Waals surface area (Å²) >= 11 is 6.01. The molecule has 3 aromatic carbocycles. The minimum atomic E-state index is -0.570. The van der Waals surface area contributed by atoms with Crippen LogP contribution in [0.3, 0.4) is 0 Å². The molecule has 0 N–H and O–H groups in total. The van der Waals surface area contributed by atoms with Gasteiger partial charge >= 0.3 is 5.63 Å². The zero-order valence-electron chi connectivity index (χ0n) is 16.1. The number of halogens is 1. The van der Waals surface area contributed by atoms with Crippen LogP contribution in [0.2, 0.25) is 5.02 Å². The van der Waals surface area contributed by atoms with E-state index in [0.29, 0.717) is 32.9 Å². The number of aromatic nitrogens is 1. The van der Waals surface area contributed by atoms with E-state index in [9.17, 15) is 14.4 Å². The lowest BCUT2D eigenvalue weighted by molar-refractivity contribution is 0.0926. The highest BCUT2D eigenvalue weighted by Gasteiger charge is 2.37. The Bertz CT molecular complexity index is 1440. The maximum atomic E-state index is 13.0. The van der Waals surface area contributed by atoms with Gasteiger partial charge in [-0.3, -0.25) is 9.59 Å². The van der Waals surface area contributed by atoms with Gasteiger partial charge in [0.2, 0.25) is 5.89 Å². The minimum Gasteiger partial charge on any atom is -0.497 e. The summed E-state index contributed by atoms with van der Waals surface area (Å²) in [6.45, 7) is 0. The predicted molar refractivity (Wildman–Crippen MR) is 115 cm³/mol. The first-order valence-corrected chi connectivity index (χ1v) is 9.62. The van der Waals surface area contributed by atoms with E-state index in [4.69, 9.17) is 20.8 Å². The number of carbonyl (C=O) groups is 2. The Labute approximate surface area is 180 Å². The van der Waals surface area contributed by atoms with Crippen molar-refractivity contribution in [1.82, 2.24) is 4.98 Å². The molecule has 8 heteroatoms. The number of methoxy groups -OCH3 is 1. The van der Waals surface area contributed by atoms with Crippen LogP contribution in [-0.2, 0) is 0 Å². The van der Waals surface area contributed by atoms with Crippen LogP contribution < -0.4 is 15.3 Å². The number of anilines is 1. The number of imide groups is 1. The summed E-state index contributed by atoms with van der Waals surface area (Å²) in [5.74, 6) is -0.263. The number of fused-ring (bicyclic) bond motifs is 2. The van der Waals surface area contributed by atoms with E-state index in [2.05, 4.69) is 4.98 Å². The molecular weight excluding hydrogens is 420 g/mol. The van der Waals surface area contributed by atoms with Crippen LogP contribution in [0, 0.1) is 0 Å². The van der Waals surface area contributed by atoms with Gasteiger partial charge in [0, 0.05) is 10.6 Å². The molecule has 0 radical (unpaired) electrons. The summed E-state index contributed by atoms with van der Waals surface area (Å²) in [6.07, 6.45) is 0. The molecule has 0 unspecified atom stereocenters. The molecule has 0 saturated heterocycles. The second-order valence-corrected chi connectivity index (χ2v) is 7.31. The highest BCUT2D eigenvalue weighted by molar-refractivity contribution is 6.34. The standard InChI is InChI=1S/C23H13ClN2O5/c1-30-15-6-4-14(5-7-15)26-21(27)16-8-2-12(10-18(16)22(26)28)20-25-19-11-13(24)3-9-17(19)23(29)31-20/h2-11H,1H3. The number of ether oxygens (including phenoxy) is 1. The topological polar surface area (TPSA) is 89.7 Å². The largest absolute Gasteiger partial charge is 0.497 e. The molecule has 0 saturated carbocycles. The Hall–Kier alpha value is -3.97. The third-order valence-electron chi connectivity index (χ3n) is 5.06. The van der Waals surface area contributed by atoms with Gasteiger partial charge in [-0.05, 0) is 60.7 Å². The highest BCUT2D eigenvalue weighted by Crippen LogP contribution is 2.32. The summed E-state index contributed by atoms with van der Waals surface area (Å²) in [6, 6.07) is 15.9. The normalized spacial score (nSPS) is 13.0. The molecule has 0 atom stereocenters. The van der Waals surface area contributed by atoms with Crippen molar-refractivity contribution < 1.29 is 18.7 Å². The molecule has 1 aliphatic rings. The van der Waals surface area contributed by atoms with Gasteiger partial charge in [-0.2, -0.15) is 0 Å². The molecule has 31 heavy (non-hydrogen) atoms. The molecule has 0 fully saturated rings. The lowest BCUT2D eigenvalue weighted by atomic mass is 10.1. The van der Waals surface area contributed by atoms with Gasteiger partial charge in [-0.25, -0.2) is 14.7 Å². The van der Waals surface area contributed by atoms with Crippen molar-refractivity contribution in [2.75, 3.05) is 12.0 Å². The van der Waals surface area contributed by atoms with E-state index in [0.717, 1.165) is 4.90 Å². The second kappa shape index (κ2) is 7.07. The first kappa shape index (κ1) is 19.0. The summed E-state index contributed by atoms with van der Waals surface area (Å²) in [5.41, 5.74) is 1.10. The van der Waals surface area contributed by atoms with Gasteiger partial charge in [0.05, 0.1) is 34.8 Å². The Morgan fingerprint density at radius 1 is 0.903 bits per heavy atom. The van der Waals surface area contributed by atoms with Crippen LogP contribution in [0.4, 0.5) is 5.69 Å². The van der Waals surface area contributed by atoms with Crippen LogP contribution in [0.5, 0.6) is 5.75 Å². The average Bonchev–Trinajstić information content (AvgIpc) is 3.03. The molecule has 5 rings (SSSR count). The van der Waals surface area contributed by atoms with Crippen molar-refractivity contribution >= 4 is 40.0 Å². The molecule has 152 valence electrons. The minimum absolute atomic E-state index is 0.0331. The van der Waals surface area contributed by atoms with Crippen LogP contribution in [0.15, 0.2) is 69.9 Å². The lowest BCUT2D eigenvalue weighted by Crippen LogP contribution is -2.29. The van der Waals surface area contributed by atoms with Crippen LogP contribution >= 0.6 is 11.6 Å². The predicted octanol–water partition coefficient (Wildman–Crippen LogP) is 4.32. The van der Waals surface area contributed by atoms with Crippen molar-refractivity contribution in [3.63, 3.8) is 0 Å². The summed E-state index contributed by atoms with van der Waals surface area (Å²) in [7, 11) is 1.53. The van der Waals surface area contributed by atoms with Crippen molar-refractivity contribution in [2.45, 2.75) is 0 Å². The fourth-order valence-corrected chi connectivity index (χ4v) is 3.67. The Morgan fingerprint density at radius 2 is 1.65 bits per heavy atom. The summed E-state index contributed by atoms with van der Waals surface area (Å²) in [5, 5.41) is 0.729. The molecule has 4 aromatic rings. The third-order valence-corrected chi connectivity index (χ3v) is 5.29. The van der Waals surface area contributed by atoms with Gasteiger partial charge in [0.15, 0.2) is 0 Å². The molecule has 0 bridgehead atoms. The van der Waals surface area contributed by atoms with Gasteiger partial charge in [-0.15, -0.1) is 0 Å². The van der Waals surface area contributed by atoms with E-state index >= 15 is 0 Å². The quantitative estimate of drug-likeness (QED) is 0.448. The first-order chi connectivity index (χ1) is 15.0. The highest BCUT2D eigenvalue weighted by atomic mass is 35.5. The van der Waals surface area contributed by atoms with E-state index in [1.807, 2.05) is 0 Å². The number of nitrogens with zero attached hydrogens (tertiary/aromatic N) is 2. The SMILES string of the molecule is COc1ccc(N2C(=O)c3ccc(-c4nc5cc(Cl)ccc5c(=O)o4)cc3C2=O)cc1. The third kappa shape index (κ3) is 3.06. The van der Waals surface area contributed by atoms with Gasteiger partial charge in [0.1, 0.15) is 5.75 Å². The molecule has 0 aliphatic carbocycles. The average molecular weight is 433 g/mol. The van der Waals surface area contributed by atoms with E-state index in [1.165, 1.54) is 25.3 Å². The molecule has 2 amide bonds. The molecule has 1 aromatic heterocycles. The van der Waals surface area contributed by atoms with Crippen molar-refractivity contribution in [3.8, 4) is 17.2 Å². The molecule has 0 spiro atoms. The van der Waals surface area contributed by atoms with Crippen molar-refractivity contribution in [1.29, 1.82) is 0 Å². The Kier molecular flexibility index (Phi) is 4.34. The molecule has 2 heterocycles. The van der Waals surface area contributed by atoms with Crippen molar-refractivity contribution in [3.05, 3.63) is 87.2 Å². The Morgan fingerprint density at radius 3 is 2.39 bits per heavy atom. The Balaban J connectivity index is 1.58. The summed E-state index contributed by atoms with van der Waals surface area (Å²) in [4.78, 5) is 43.6. The maximum Gasteiger partial charge on any atom is 0.347 e. The molecular formula is C23H13ClN2O5. The van der Waals surface area contributed by atoms with Gasteiger partial charge < -0.3 is 9.15 Å². The van der Waals surface area contributed by atoms with E-state index in [-0.39, 0.29) is 17.0 Å². The van der Waals surface area contributed by atoms with Crippen LogP contribution in [0.1, 0.15) is 20.7 Å². The summed E-state index contributed by atoms with van der Waals surface area (Å²) < 4.78 is 10.5. The number of hydrogen-bond donors (Lipinski definition) is 0.